The van der Waals surface area contributed by atoms with E-state index in [9.17, 15) is 18.4 Å². The lowest BCUT2D eigenvalue weighted by atomic mass is 9.92. The quantitative estimate of drug-likeness (QED) is 0.832. The van der Waals surface area contributed by atoms with E-state index in [0.29, 0.717) is 18.5 Å². The molecule has 0 bridgehead atoms. The number of hydrogen-bond acceptors (Lipinski definition) is 3. The van der Waals surface area contributed by atoms with Crippen LogP contribution in [0.5, 0.6) is 0 Å². The average Bonchev–Trinajstić information content (AvgIpc) is 2.98. The lowest BCUT2D eigenvalue weighted by molar-refractivity contribution is -0.138. The molecule has 1 aromatic heterocycles. The molecule has 1 aliphatic rings. The van der Waals surface area contributed by atoms with Crippen molar-refractivity contribution in [3.63, 3.8) is 0 Å². The maximum absolute atomic E-state index is 13.5. The van der Waals surface area contributed by atoms with Gasteiger partial charge in [0.05, 0.1) is 17.9 Å². The summed E-state index contributed by atoms with van der Waals surface area (Å²) < 4.78 is 28.5. The largest absolute Gasteiger partial charge is 0.343 e. The Labute approximate surface area is 150 Å². The maximum atomic E-state index is 13.5. The van der Waals surface area contributed by atoms with Crippen LogP contribution in [0, 0.1) is 17.6 Å². The third kappa shape index (κ3) is 3.81. The first kappa shape index (κ1) is 18.2. The van der Waals surface area contributed by atoms with Gasteiger partial charge in [-0.05, 0) is 37.3 Å². The Balaban J connectivity index is 1.84. The Morgan fingerprint density at radius 2 is 1.96 bits per heavy atom. The van der Waals surface area contributed by atoms with Crippen molar-refractivity contribution in [1.82, 2.24) is 15.1 Å². The molecular formula is C19H21F2N3O2. The van der Waals surface area contributed by atoms with Crippen molar-refractivity contribution in [1.29, 1.82) is 0 Å². The molecule has 0 saturated heterocycles. The van der Waals surface area contributed by atoms with Crippen LogP contribution in [-0.2, 0) is 16.0 Å². The van der Waals surface area contributed by atoms with Crippen molar-refractivity contribution in [2.45, 2.75) is 45.6 Å². The second kappa shape index (κ2) is 7.35. The molecule has 138 valence electrons. The molecular weight excluding hydrogens is 340 g/mol. The van der Waals surface area contributed by atoms with Crippen LogP contribution in [-0.4, -0.2) is 21.5 Å². The monoisotopic (exact) mass is 361 g/mol. The van der Waals surface area contributed by atoms with Crippen LogP contribution < -0.4 is 5.32 Å². The Hall–Kier alpha value is -2.57. The first-order valence-corrected chi connectivity index (χ1v) is 8.72. The Morgan fingerprint density at radius 1 is 1.27 bits per heavy atom. The highest BCUT2D eigenvalue weighted by Gasteiger charge is 2.28. The number of halogens is 2. The molecule has 0 saturated carbocycles. The second-order valence-corrected chi connectivity index (χ2v) is 7.03. The summed E-state index contributed by atoms with van der Waals surface area (Å²) >= 11 is 0. The molecule has 3 rings (SSSR count). The number of Topliss-reactive ketones (excluding diaryl/α,β-unsaturated/α-hetero) is 1. The fraction of sp³-hybridized carbons (Fsp3) is 0.421. The molecule has 0 aliphatic heterocycles. The number of amides is 1. The van der Waals surface area contributed by atoms with Crippen LogP contribution in [0.15, 0.2) is 24.4 Å². The minimum atomic E-state index is -0.677. The highest BCUT2D eigenvalue weighted by atomic mass is 19.1. The number of rotatable bonds is 5. The molecule has 0 spiro atoms. The van der Waals surface area contributed by atoms with Crippen molar-refractivity contribution in [2.24, 2.45) is 5.92 Å². The zero-order chi connectivity index (χ0) is 18.8. The number of nitrogens with zero attached hydrogens (tertiary/aromatic N) is 2. The molecule has 7 heteroatoms. The van der Waals surface area contributed by atoms with Gasteiger partial charge in [-0.15, -0.1) is 0 Å². The van der Waals surface area contributed by atoms with E-state index >= 15 is 0 Å². The second-order valence-electron chi connectivity index (χ2n) is 7.03. The van der Waals surface area contributed by atoms with Gasteiger partial charge < -0.3 is 5.32 Å². The summed E-state index contributed by atoms with van der Waals surface area (Å²) in [4.78, 5) is 24.1. The number of hydrogen-bond donors (Lipinski definition) is 1. The molecule has 0 fully saturated rings. The third-order valence-corrected chi connectivity index (χ3v) is 4.43. The molecule has 2 aromatic rings. The van der Waals surface area contributed by atoms with Crippen molar-refractivity contribution < 1.29 is 18.4 Å². The van der Waals surface area contributed by atoms with Gasteiger partial charge >= 0.3 is 0 Å². The summed E-state index contributed by atoms with van der Waals surface area (Å²) in [6, 6.07) is 2.91. The first-order valence-electron chi connectivity index (χ1n) is 8.72. The van der Waals surface area contributed by atoms with Crippen molar-refractivity contribution in [3.8, 4) is 5.69 Å². The van der Waals surface area contributed by atoms with E-state index in [1.165, 1.54) is 16.8 Å². The number of carbonyl (C=O) groups is 2. The molecule has 1 N–H and O–H groups in total. The van der Waals surface area contributed by atoms with Crippen molar-refractivity contribution in [3.05, 3.63) is 47.3 Å². The summed E-state index contributed by atoms with van der Waals surface area (Å²) in [5.41, 5.74) is 1.88. The average molecular weight is 361 g/mol. The number of benzene rings is 1. The topological polar surface area (TPSA) is 64.0 Å². The van der Waals surface area contributed by atoms with Gasteiger partial charge in [-0.3, -0.25) is 9.59 Å². The molecule has 1 heterocycles. The van der Waals surface area contributed by atoms with E-state index in [4.69, 9.17) is 0 Å². The summed E-state index contributed by atoms with van der Waals surface area (Å²) in [5.74, 6) is -2.28. The van der Waals surface area contributed by atoms with E-state index in [1.54, 1.807) is 6.20 Å². The van der Waals surface area contributed by atoms with Crippen LogP contribution in [0.3, 0.4) is 0 Å². The van der Waals surface area contributed by atoms with Crippen molar-refractivity contribution in [2.75, 3.05) is 0 Å². The fourth-order valence-electron chi connectivity index (χ4n) is 3.29. The number of aromatic nitrogens is 2. The van der Waals surface area contributed by atoms with Crippen LogP contribution in [0.4, 0.5) is 8.78 Å². The third-order valence-electron chi connectivity index (χ3n) is 4.43. The lowest BCUT2D eigenvalue weighted by Crippen LogP contribution is -2.36. The summed E-state index contributed by atoms with van der Waals surface area (Å²) in [5, 5.41) is 7.03. The first-order chi connectivity index (χ1) is 12.3. The number of carbonyl (C=O) groups excluding carboxylic acids is 2. The van der Waals surface area contributed by atoms with Crippen LogP contribution >= 0.6 is 0 Å². The molecule has 1 amide bonds. The van der Waals surface area contributed by atoms with E-state index < -0.39 is 23.3 Å². The molecule has 1 aromatic carbocycles. The highest BCUT2D eigenvalue weighted by molar-refractivity contribution is 6.36. The zero-order valence-corrected chi connectivity index (χ0v) is 14.8. The van der Waals surface area contributed by atoms with E-state index in [1.807, 2.05) is 13.8 Å². The van der Waals surface area contributed by atoms with Crippen LogP contribution in [0.25, 0.3) is 5.69 Å². The normalized spacial score (nSPS) is 16.4. The highest BCUT2D eigenvalue weighted by Crippen LogP contribution is 2.31. The van der Waals surface area contributed by atoms with Gasteiger partial charge in [0.15, 0.2) is 0 Å². The van der Waals surface area contributed by atoms with Gasteiger partial charge in [0.1, 0.15) is 11.6 Å². The molecule has 0 radical (unpaired) electrons. The summed E-state index contributed by atoms with van der Waals surface area (Å²) in [7, 11) is 0. The predicted molar refractivity (Wildman–Crippen MR) is 91.8 cm³/mol. The fourth-order valence-corrected chi connectivity index (χ4v) is 3.29. The van der Waals surface area contributed by atoms with E-state index in [2.05, 4.69) is 10.4 Å². The smallest absolute Gasteiger partial charge is 0.287 e. The molecule has 26 heavy (non-hydrogen) atoms. The Kier molecular flexibility index (Phi) is 5.15. The van der Waals surface area contributed by atoms with Crippen LogP contribution in [0.2, 0.25) is 0 Å². The van der Waals surface area contributed by atoms with Crippen LogP contribution in [0.1, 0.15) is 50.4 Å². The van der Waals surface area contributed by atoms with Gasteiger partial charge in [-0.25, -0.2) is 13.5 Å². The Morgan fingerprint density at radius 3 is 2.62 bits per heavy atom. The van der Waals surface area contributed by atoms with Gasteiger partial charge in [0, 0.05) is 23.7 Å². The maximum Gasteiger partial charge on any atom is 0.287 e. The van der Waals surface area contributed by atoms with Gasteiger partial charge in [0.25, 0.3) is 5.91 Å². The predicted octanol–water partition coefficient (Wildman–Crippen LogP) is 3.26. The molecule has 1 aliphatic carbocycles. The van der Waals surface area contributed by atoms with Gasteiger partial charge in [0.2, 0.25) is 5.78 Å². The lowest BCUT2D eigenvalue weighted by Gasteiger charge is -2.24. The molecule has 5 nitrogen and oxygen atoms in total. The Bertz CT molecular complexity index is 825. The van der Waals surface area contributed by atoms with Gasteiger partial charge in [-0.2, -0.15) is 5.10 Å². The molecule has 1 unspecified atom stereocenters. The summed E-state index contributed by atoms with van der Waals surface area (Å²) in [6.45, 7) is 3.76. The van der Waals surface area contributed by atoms with E-state index in [0.717, 1.165) is 23.7 Å². The van der Waals surface area contributed by atoms with E-state index in [-0.39, 0.29) is 18.4 Å². The minimum absolute atomic E-state index is 0.112. The number of ketones is 1. The molecule has 1 atom stereocenters. The standard InChI is InChI=1S/C19H21F2N3O2/c1-11(2)6-18(25)19(26)23-16-4-3-5-17-15(16)10-22-24(17)14-8-12(20)7-13(21)9-14/h7-11,16H,3-6H2,1-2H3,(H,23,26). The minimum Gasteiger partial charge on any atom is -0.343 e. The number of nitrogens with one attached hydrogen (secondary N) is 1. The number of fused-ring (bicyclic) bond motifs is 1. The zero-order valence-electron chi connectivity index (χ0n) is 14.8. The van der Waals surface area contributed by atoms with Crippen molar-refractivity contribution >= 4 is 11.7 Å². The SMILES string of the molecule is CC(C)CC(=O)C(=O)NC1CCCc2c1cnn2-c1cc(F)cc(F)c1. The van der Waals surface area contributed by atoms with Gasteiger partial charge in [-0.1, -0.05) is 13.8 Å². The summed E-state index contributed by atoms with van der Waals surface area (Å²) in [6.07, 6.45) is 3.94.